The second-order valence-corrected chi connectivity index (χ2v) is 3.15. The molecule has 1 N–H and O–H groups in total. The molecule has 0 spiro atoms. The Kier molecular flexibility index (Phi) is 3.97. The molecule has 0 unspecified atom stereocenters. The van der Waals surface area contributed by atoms with E-state index in [9.17, 15) is 4.79 Å². The molecule has 0 heterocycles. The highest BCUT2D eigenvalue weighted by atomic mass is 16.5. The fourth-order valence-corrected chi connectivity index (χ4v) is 1.34. The third-order valence-electron chi connectivity index (χ3n) is 1.95. The predicted octanol–water partition coefficient (Wildman–Crippen LogP) is 1.61. The lowest BCUT2D eigenvalue weighted by Gasteiger charge is -2.19. The van der Waals surface area contributed by atoms with Crippen molar-refractivity contribution >= 4 is 11.7 Å². The van der Waals surface area contributed by atoms with Crippen molar-refractivity contribution in [1.29, 1.82) is 0 Å². The van der Waals surface area contributed by atoms with E-state index >= 15 is 0 Å². The van der Waals surface area contributed by atoms with Crippen LogP contribution in [0.15, 0.2) is 24.3 Å². The molecule has 0 aliphatic carbocycles. The van der Waals surface area contributed by atoms with E-state index in [1.165, 1.54) is 0 Å². The number of carboxylic acid groups (broad SMARTS) is 1. The van der Waals surface area contributed by atoms with Gasteiger partial charge in [0, 0.05) is 7.05 Å². The Morgan fingerprint density at radius 1 is 1.47 bits per heavy atom. The summed E-state index contributed by atoms with van der Waals surface area (Å²) >= 11 is 0. The Morgan fingerprint density at radius 2 is 2.13 bits per heavy atom. The summed E-state index contributed by atoms with van der Waals surface area (Å²) in [5.41, 5.74) is 0.793. The molecule has 0 aromatic heterocycles. The Hall–Kier alpha value is -1.71. The molecule has 0 saturated heterocycles. The summed E-state index contributed by atoms with van der Waals surface area (Å²) in [6, 6.07) is 7.39. The summed E-state index contributed by atoms with van der Waals surface area (Å²) in [7, 11) is 1.73. The molecule has 0 atom stereocenters. The van der Waals surface area contributed by atoms with Crippen LogP contribution in [0.25, 0.3) is 0 Å². The molecule has 0 radical (unpaired) electrons. The van der Waals surface area contributed by atoms with Crippen molar-refractivity contribution in [2.45, 2.75) is 6.92 Å². The van der Waals surface area contributed by atoms with Crippen molar-refractivity contribution in [3.05, 3.63) is 24.3 Å². The zero-order chi connectivity index (χ0) is 11.3. The van der Waals surface area contributed by atoms with Gasteiger partial charge in [-0.05, 0) is 19.1 Å². The topological polar surface area (TPSA) is 49.8 Å². The molecule has 0 bridgehead atoms. The number of anilines is 1. The average Bonchev–Trinajstić information content (AvgIpc) is 2.18. The molecule has 4 heteroatoms. The molecule has 0 aliphatic rings. The third-order valence-corrected chi connectivity index (χ3v) is 1.95. The van der Waals surface area contributed by atoms with Crippen molar-refractivity contribution in [2.75, 3.05) is 25.1 Å². The van der Waals surface area contributed by atoms with Gasteiger partial charge in [0.1, 0.15) is 12.3 Å². The molecule has 4 nitrogen and oxygen atoms in total. The average molecular weight is 209 g/mol. The van der Waals surface area contributed by atoms with Crippen molar-refractivity contribution < 1.29 is 14.6 Å². The summed E-state index contributed by atoms with van der Waals surface area (Å²) < 4.78 is 5.41. The zero-order valence-electron chi connectivity index (χ0n) is 8.93. The number of aliphatic carboxylic acids is 1. The summed E-state index contributed by atoms with van der Waals surface area (Å²) in [6.07, 6.45) is 0. The number of hydrogen-bond acceptors (Lipinski definition) is 3. The zero-order valence-corrected chi connectivity index (χ0v) is 8.93. The lowest BCUT2D eigenvalue weighted by atomic mass is 10.2. The van der Waals surface area contributed by atoms with Crippen LogP contribution in [0.2, 0.25) is 0 Å². The molecule has 82 valence electrons. The van der Waals surface area contributed by atoms with E-state index in [0.29, 0.717) is 12.4 Å². The fraction of sp³-hybridized carbons (Fsp3) is 0.364. The normalized spacial score (nSPS) is 9.73. The van der Waals surface area contributed by atoms with Crippen LogP contribution in [0.5, 0.6) is 5.75 Å². The smallest absolute Gasteiger partial charge is 0.323 e. The van der Waals surface area contributed by atoms with Gasteiger partial charge in [-0.3, -0.25) is 4.79 Å². The van der Waals surface area contributed by atoms with Gasteiger partial charge in [0.05, 0.1) is 12.3 Å². The van der Waals surface area contributed by atoms with Gasteiger partial charge in [-0.25, -0.2) is 0 Å². The quantitative estimate of drug-likeness (QED) is 0.800. The highest BCUT2D eigenvalue weighted by Gasteiger charge is 2.10. The first-order chi connectivity index (χ1) is 7.15. The van der Waals surface area contributed by atoms with E-state index in [2.05, 4.69) is 0 Å². The summed E-state index contributed by atoms with van der Waals surface area (Å²) in [5, 5.41) is 8.68. The maximum Gasteiger partial charge on any atom is 0.323 e. The number of nitrogens with zero attached hydrogens (tertiary/aromatic N) is 1. The first-order valence-corrected chi connectivity index (χ1v) is 4.80. The van der Waals surface area contributed by atoms with Gasteiger partial charge in [-0.1, -0.05) is 12.1 Å². The monoisotopic (exact) mass is 209 g/mol. The summed E-state index contributed by atoms with van der Waals surface area (Å²) in [6.45, 7) is 2.43. The van der Waals surface area contributed by atoms with E-state index in [1.54, 1.807) is 11.9 Å². The minimum absolute atomic E-state index is 0.0376. The van der Waals surface area contributed by atoms with E-state index in [0.717, 1.165) is 5.69 Å². The molecule has 15 heavy (non-hydrogen) atoms. The first-order valence-electron chi connectivity index (χ1n) is 4.80. The third kappa shape index (κ3) is 3.16. The SMILES string of the molecule is CCOc1ccccc1N(C)CC(=O)O. The maximum absolute atomic E-state index is 10.6. The number of rotatable bonds is 5. The van der Waals surface area contributed by atoms with Crippen molar-refractivity contribution in [3.8, 4) is 5.75 Å². The standard InChI is InChI=1S/C11H15NO3/c1-3-15-10-7-5-4-6-9(10)12(2)8-11(13)14/h4-7H,3,8H2,1-2H3,(H,13,14). The molecule has 0 aliphatic heterocycles. The Morgan fingerprint density at radius 3 is 2.73 bits per heavy atom. The van der Waals surface area contributed by atoms with Crippen LogP contribution < -0.4 is 9.64 Å². The number of para-hydroxylation sites is 2. The fourth-order valence-electron chi connectivity index (χ4n) is 1.34. The number of benzene rings is 1. The molecular formula is C11H15NO3. The van der Waals surface area contributed by atoms with E-state index < -0.39 is 5.97 Å². The molecule has 1 aromatic carbocycles. The Bertz CT molecular complexity index is 338. The van der Waals surface area contributed by atoms with Crippen LogP contribution in [-0.4, -0.2) is 31.3 Å². The van der Waals surface area contributed by atoms with Gasteiger partial charge in [0.2, 0.25) is 0 Å². The molecule has 1 aromatic rings. The highest BCUT2D eigenvalue weighted by molar-refractivity contribution is 5.74. The van der Waals surface area contributed by atoms with Crippen molar-refractivity contribution in [1.82, 2.24) is 0 Å². The Labute approximate surface area is 89.1 Å². The Balaban J connectivity index is 2.86. The van der Waals surface area contributed by atoms with Crippen molar-refractivity contribution in [3.63, 3.8) is 0 Å². The van der Waals surface area contributed by atoms with Crippen LogP contribution in [0.1, 0.15) is 6.92 Å². The number of hydrogen-bond donors (Lipinski definition) is 1. The lowest BCUT2D eigenvalue weighted by molar-refractivity contribution is -0.135. The van der Waals surface area contributed by atoms with Gasteiger partial charge in [0.15, 0.2) is 0 Å². The van der Waals surface area contributed by atoms with Gasteiger partial charge in [-0.2, -0.15) is 0 Å². The maximum atomic E-state index is 10.6. The van der Waals surface area contributed by atoms with Crippen LogP contribution in [0.4, 0.5) is 5.69 Å². The van der Waals surface area contributed by atoms with Crippen molar-refractivity contribution in [2.24, 2.45) is 0 Å². The van der Waals surface area contributed by atoms with Crippen LogP contribution >= 0.6 is 0 Å². The van der Waals surface area contributed by atoms with Gasteiger partial charge in [0.25, 0.3) is 0 Å². The molecule has 0 fully saturated rings. The second kappa shape index (κ2) is 5.24. The lowest BCUT2D eigenvalue weighted by Crippen LogP contribution is -2.25. The summed E-state index contributed by atoms with van der Waals surface area (Å²) in [4.78, 5) is 12.2. The minimum Gasteiger partial charge on any atom is -0.492 e. The number of likely N-dealkylation sites (N-methyl/N-ethyl adjacent to an activating group) is 1. The molecule has 0 amide bonds. The van der Waals surface area contributed by atoms with E-state index in [1.807, 2.05) is 31.2 Å². The van der Waals surface area contributed by atoms with Crippen LogP contribution in [0, 0.1) is 0 Å². The molecular weight excluding hydrogens is 194 g/mol. The number of carboxylic acids is 1. The van der Waals surface area contributed by atoms with Gasteiger partial charge >= 0.3 is 5.97 Å². The molecule has 0 saturated carbocycles. The van der Waals surface area contributed by atoms with E-state index in [-0.39, 0.29) is 6.54 Å². The number of ether oxygens (including phenoxy) is 1. The molecule has 1 rings (SSSR count). The van der Waals surface area contributed by atoms with Crippen LogP contribution in [-0.2, 0) is 4.79 Å². The number of carbonyl (C=O) groups is 1. The first kappa shape index (κ1) is 11.4. The highest BCUT2D eigenvalue weighted by Crippen LogP contribution is 2.26. The predicted molar refractivity (Wildman–Crippen MR) is 58.5 cm³/mol. The van der Waals surface area contributed by atoms with Gasteiger partial charge < -0.3 is 14.7 Å². The van der Waals surface area contributed by atoms with Crippen LogP contribution in [0.3, 0.4) is 0 Å². The minimum atomic E-state index is -0.858. The van der Waals surface area contributed by atoms with E-state index in [4.69, 9.17) is 9.84 Å². The summed E-state index contributed by atoms with van der Waals surface area (Å²) in [5.74, 6) is -0.146. The second-order valence-electron chi connectivity index (χ2n) is 3.15. The van der Waals surface area contributed by atoms with Gasteiger partial charge in [-0.15, -0.1) is 0 Å². The largest absolute Gasteiger partial charge is 0.492 e.